The second-order valence-corrected chi connectivity index (χ2v) is 6.27. The van der Waals surface area contributed by atoms with Crippen LogP contribution >= 0.6 is 22.9 Å². The molecule has 0 saturated carbocycles. The lowest BCUT2D eigenvalue weighted by Gasteiger charge is -2.00. The first-order valence-electron chi connectivity index (χ1n) is 7.17. The van der Waals surface area contributed by atoms with Crippen molar-refractivity contribution in [2.45, 2.75) is 0 Å². The normalized spacial score (nSPS) is 11.0. The largest absolute Gasteiger partial charge is 0.298 e. The minimum Gasteiger partial charge on any atom is -0.298 e. The van der Waals surface area contributed by atoms with Crippen molar-refractivity contribution in [1.29, 1.82) is 0 Å². The molecular formula is C18H11ClF2N2OS. The monoisotopic (exact) mass is 376 g/mol. The van der Waals surface area contributed by atoms with Crippen molar-refractivity contribution in [2.75, 3.05) is 5.32 Å². The number of amides is 1. The number of nitrogens with one attached hydrogen (secondary N) is 1. The van der Waals surface area contributed by atoms with E-state index in [4.69, 9.17) is 11.6 Å². The summed E-state index contributed by atoms with van der Waals surface area (Å²) in [5.74, 6) is -1.30. The Morgan fingerprint density at radius 2 is 1.92 bits per heavy atom. The molecule has 3 rings (SSSR count). The molecule has 0 aliphatic rings. The lowest BCUT2D eigenvalue weighted by molar-refractivity contribution is -0.111. The van der Waals surface area contributed by atoms with Gasteiger partial charge in [0.15, 0.2) is 5.13 Å². The van der Waals surface area contributed by atoms with Crippen LogP contribution in [-0.2, 0) is 4.79 Å². The van der Waals surface area contributed by atoms with Gasteiger partial charge in [-0.25, -0.2) is 13.8 Å². The van der Waals surface area contributed by atoms with E-state index in [0.717, 1.165) is 5.56 Å². The van der Waals surface area contributed by atoms with Crippen molar-refractivity contribution < 1.29 is 13.6 Å². The second-order valence-electron chi connectivity index (χ2n) is 5.00. The average molecular weight is 377 g/mol. The zero-order valence-electron chi connectivity index (χ0n) is 12.7. The molecule has 1 aromatic heterocycles. The van der Waals surface area contributed by atoms with E-state index in [2.05, 4.69) is 10.3 Å². The molecule has 0 spiro atoms. The van der Waals surface area contributed by atoms with Crippen LogP contribution in [0.15, 0.2) is 53.9 Å². The minimum atomic E-state index is -0.510. The minimum absolute atomic E-state index is 0.144. The molecule has 3 nitrogen and oxygen atoms in total. The van der Waals surface area contributed by atoms with Gasteiger partial charge in [-0.05, 0) is 42.5 Å². The molecule has 0 bridgehead atoms. The molecule has 25 heavy (non-hydrogen) atoms. The fraction of sp³-hybridized carbons (Fsp3) is 0. The van der Waals surface area contributed by atoms with Crippen LogP contribution in [0.3, 0.4) is 0 Å². The summed E-state index contributed by atoms with van der Waals surface area (Å²) in [6.45, 7) is 0. The first-order valence-corrected chi connectivity index (χ1v) is 8.43. The number of carbonyl (C=O) groups is 1. The van der Waals surface area contributed by atoms with Gasteiger partial charge in [0.05, 0.1) is 10.7 Å². The van der Waals surface area contributed by atoms with E-state index in [9.17, 15) is 13.6 Å². The highest BCUT2D eigenvalue weighted by atomic mass is 35.5. The van der Waals surface area contributed by atoms with Gasteiger partial charge in [0.1, 0.15) is 11.6 Å². The van der Waals surface area contributed by atoms with Crippen LogP contribution in [0.1, 0.15) is 5.56 Å². The summed E-state index contributed by atoms with van der Waals surface area (Å²) in [7, 11) is 0. The standard InChI is InChI=1S/C18H11ClF2N2OS/c19-14-2-1-3-15(21)13(14)8-9-17(24)23-18-22-16(10-25-18)11-4-6-12(20)7-5-11/h1-10H,(H,22,23,24). The molecule has 3 aromatic rings. The predicted molar refractivity (Wildman–Crippen MR) is 96.6 cm³/mol. The number of aromatic nitrogens is 1. The highest BCUT2D eigenvalue weighted by molar-refractivity contribution is 7.14. The highest BCUT2D eigenvalue weighted by Crippen LogP contribution is 2.25. The first kappa shape index (κ1) is 17.3. The summed E-state index contributed by atoms with van der Waals surface area (Å²) in [5, 5.41) is 4.95. The molecule has 0 fully saturated rings. The Balaban J connectivity index is 1.69. The molecule has 0 aliphatic carbocycles. The van der Waals surface area contributed by atoms with Gasteiger partial charge in [0, 0.05) is 22.6 Å². The highest BCUT2D eigenvalue weighted by Gasteiger charge is 2.08. The van der Waals surface area contributed by atoms with E-state index in [0.29, 0.717) is 10.8 Å². The van der Waals surface area contributed by atoms with Crippen LogP contribution < -0.4 is 5.32 Å². The third-order valence-electron chi connectivity index (χ3n) is 3.28. The van der Waals surface area contributed by atoms with Crippen LogP contribution in [0.2, 0.25) is 5.02 Å². The molecular weight excluding hydrogens is 366 g/mol. The molecule has 0 saturated heterocycles. The molecule has 2 aromatic carbocycles. The number of hydrogen-bond donors (Lipinski definition) is 1. The number of thiazole rings is 1. The third kappa shape index (κ3) is 4.29. The van der Waals surface area contributed by atoms with Gasteiger partial charge in [-0.1, -0.05) is 17.7 Å². The predicted octanol–water partition coefficient (Wildman–Crippen LogP) is 5.39. The number of rotatable bonds is 4. The van der Waals surface area contributed by atoms with E-state index >= 15 is 0 Å². The zero-order chi connectivity index (χ0) is 17.8. The number of carbonyl (C=O) groups excluding carboxylic acids is 1. The van der Waals surface area contributed by atoms with Crippen LogP contribution in [0.4, 0.5) is 13.9 Å². The van der Waals surface area contributed by atoms with E-state index in [1.807, 2.05) is 0 Å². The SMILES string of the molecule is O=C(C=Cc1c(F)cccc1Cl)Nc1nc(-c2ccc(F)cc2)cs1. The van der Waals surface area contributed by atoms with Crippen molar-refractivity contribution in [3.63, 3.8) is 0 Å². The van der Waals surface area contributed by atoms with Crippen molar-refractivity contribution in [2.24, 2.45) is 0 Å². The van der Waals surface area contributed by atoms with E-state index in [1.165, 1.54) is 53.8 Å². The summed E-state index contributed by atoms with van der Waals surface area (Å²) in [6.07, 6.45) is 2.49. The number of anilines is 1. The topological polar surface area (TPSA) is 42.0 Å². The van der Waals surface area contributed by atoms with Gasteiger partial charge in [0.25, 0.3) is 0 Å². The van der Waals surface area contributed by atoms with E-state index in [1.54, 1.807) is 17.5 Å². The molecule has 7 heteroatoms. The van der Waals surface area contributed by atoms with Gasteiger partial charge in [-0.3, -0.25) is 10.1 Å². The summed E-state index contributed by atoms with van der Waals surface area (Å²) in [5.41, 5.74) is 1.51. The number of nitrogens with zero attached hydrogens (tertiary/aromatic N) is 1. The maximum Gasteiger partial charge on any atom is 0.250 e. The van der Waals surface area contributed by atoms with Crippen molar-refractivity contribution in [1.82, 2.24) is 4.98 Å². The third-order valence-corrected chi connectivity index (χ3v) is 4.36. The summed E-state index contributed by atoms with van der Waals surface area (Å²) >= 11 is 7.13. The molecule has 0 aliphatic heterocycles. The Labute approximate surface area is 151 Å². The van der Waals surface area contributed by atoms with Crippen molar-refractivity contribution >= 4 is 40.1 Å². The smallest absolute Gasteiger partial charge is 0.250 e. The quantitative estimate of drug-likeness (QED) is 0.620. The van der Waals surface area contributed by atoms with Crippen LogP contribution in [0, 0.1) is 11.6 Å². The maximum atomic E-state index is 13.6. The summed E-state index contributed by atoms with van der Waals surface area (Å²) < 4.78 is 26.6. The van der Waals surface area contributed by atoms with E-state index in [-0.39, 0.29) is 16.4 Å². The number of benzene rings is 2. The number of halogens is 3. The fourth-order valence-electron chi connectivity index (χ4n) is 2.06. The summed E-state index contributed by atoms with van der Waals surface area (Å²) in [6, 6.07) is 10.2. The van der Waals surface area contributed by atoms with Crippen molar-refractivity contribution in [3.8, 4) is 11.3 Å². The first-order chi connectivity index (χ1) is 12.0. The lowest BCUT2D eigenvalue weighted by atomic mass is 10.2. The Hall–Kier alpha value is -2.57. The fourth-order valence-corrected chi connectivity index (χ4v) is 3.01. The molecule has 0 radical (unpaired) electrons. The van der Waals surface area contributed by atoms with Gasteiger partial charge in [-0.2, -0.15) is 0 Å². The zero-order valence-corrected chi connectivity index (χ0v) is 14.2. The molecule has 1 N–H and O–H groups in total. The maximum absolute atomic E-state index is 13.6. The second kappa shape index (κ2) is 7.55. The number of hydrogen-bond acceptors (Lipinski definition) is 3. The van der Waals surface area contributed by atoms with Gasteiger partial charge in [0.2, 0.25) is 5.91 Å². The molecule has 0 unspecified atom stereocenters. The van der Waals surface area contributed by atoms with Crippen LogP contribution in [0.5, 0.6) is 0 Å². The molecule has 0 atom stereocenters. The van der Waals surface area contributed by atoms with Gasteiger partial charge in [-0.15, -0.1) is 11.3 Å². The molecule has 1 amide bonds. The van der Waals surface area contributed by atoms with Gasteiger partial charge < -0.3 is 0 Å². The molecule has 1 heterocycles. The average Bonchev–Trinajstić information content (AvgIpc) is 3.03. The van der Waals surface area contributed by atoms with E-state index < -0.39 is 11.7 Å². The Kier molecular flexibility index (Phi) is 5.21. The van der Waals surface area contributed by atoms with Crippen molar-refractivity contribution in [3.05, 3.63) is 76.1 Å². The van der Waals surface area contributed by atoms with Gasteiger partial charge >= 0.3 is 0 Å². The Bertz CT molecular complexity index is 918. The lowest BCUT2D eigenvalue weighted by Crippen LogP contribution is -2.07. The Morgan fingerprint density at radius 1 is 1.16 bits per heavy atom. The van der Waals surface area contributed by atoms with Crippen LogP contribution in [-0.4, -0.2) is 10.9 Å². The summed E-state index contributed by atoms with van der Waals surface area (Å²) in [4.78, 5) is 16.2. The van der Waals surface area contributed by atoms with Crippen LogP contribution in [0.25, 0.3) is 17.3 Å². The Morgan fingerprint density at radius 3 is 2.64 bits per heavy atom. The molecule has 126 valence electrons.